The van der Waals surface area contributed by atoms with Crippen molar-refractivity contribution in [3.63, 3.8) is 0 Å². The molecule has 1 amide bonds. The van der Waals surface area contributed by atoms with Crippen molar-refractivity contribution < 1.29 is 17.4 Å². The zero-order chi connectivity index (χ0) is 26.6. The maximum Gasteiger partial charge on any atom is 0.309 e. The molecule has 1 aromatic heterocycles. The summed E-state index contributed by atoms with van der Waals surface area (Å²) in [5.41, 5.74) is 5.82. The average Bonchev–Trinajstić information content (AvgIpc) is 3.20. The number of nitrogens with one attached hydrogen (secondary N) is 1. The van der Waals surface area contributed by atoms with Gasteiger partial charge < -0.3 is 4.18 Å². The van der Waals surface area contributed by atoms with Gasteiger partial charge in [-0.05, 0) is 68.7 Å². The number of benzene rings is 2. The van der Waals surface area contributed by atoms with Crippen LogP contribution in [0.5, 0.6) is 5.75 Å². The SMILES string of the molecule is CCCCS(=O)(=O)Oc1ccc(-c2c(C)c(C(=O)NN3CCCCC3)nn2-c2ccc(Cl)cc2Cl)cc1.Cl. The molecule has 0 aliphatic carbocycles. The summed E-state index contributed by atoms with van der Waals surface area (Å²) in [6.45, 7) is 5.34. The van der Waals surface area contributed by atoms with E-state index in [1.165, 1.54) is 0 Å². The van der Waals surface area contributed by atoms with E-state index in [1.54, 1.807) is 47.1 Å². The number of carbonyl (C=O) groups is 1. The molecule has 0 atom stereocenters. The Bertz CT molecular complexity index is 1370. The lowest BCUT2D eigenvalue weighted by Gasteiger charge is -2.26. The molecular weight excluding hydrogens is 571 g/mol. The highest BCUT2D eigenvalue weighted by atomic mass is 35.5. The Labute approximate surface area is 239 Å². The van der Waals surface area contributed by atoms with Gasteiger partial charge in [0, 0.05) is 29.2 Å². The van der Waals surface area contributed by atoms with E-state index >= 15 is 0 Å². The first-order valence-electron chi connectivity index (χ1n) is 12.3. The Morgan fingerprint density at radius 3 is 2.39 bits per heavy atom. The number of carbonyl (C=O) groups excluding carboxylic acids is 1. The highest BCUT2D eigenvalue weighted by molar-refractivity contribution is 7.87. The molecule has 12 heteroatoms. The smallest absolute Gasteiger partial charge is 0.309 e. The monoisotopic (exact) mass is 600 g/mol. The van der Waals surface area contributed by atoms with Crippen LogP contribution >= 0.6 is 35.6 Å². The average molecular weight is 602 g/mol. The summed E-state index contributed by atoms with van der Waals surface area (Å²) in [5, 5.41) is 7.43. The number of rotatable bonds is 9. The predicted molar refractivity (Wildman–Crippen MR) is 153 cm³/mol. The van der Waals surface area contributed by atoms with Crippen LogP contribution in [0.2, 0.25) is 10.0 Å². The Kier molecular flexibility index (Phi) is 10.5. The Hall–Kier alpha value is -2.30. The number of nitrogens with zero attached hydrogens (tertiary/aromatic N) is 3. The maximum absolute atomic E-state index is 13.2. The van der Waals surface area contributed by atoms with Crippen LogP contribution in [-0.4, -0.2) is 48.0 Å². The molecule has 8 nitrogen and oxygen atoms in total. The van der Waals surface area contributed by atoms with E-state index in [-0.39, 0.29) is 35.5 Å². The number of piperidine rings is 1. The molecule has 4 rings (SSSR count). The van der Waals surface area contributed by atoms with Crippen LogP contribution in [0.1, 0.15) is 55.1 Å². The largest absolute Gasteiger partial charge is 0.382 e. The zero-order valence-electron chi connectivity index (χ0n) is 21.2. The second-order valence-electron chi connectivity index (χ2n) is 9.04. The molecule has 0 saturated carbocycles. The van der Waals surface area contributed by atoms with Crippen LogP contribution in [0.4, 0.5) is 0 Å². The standard InChI is InChI=1S/C26H30Cl2N4O4S.ClH/c1-3-4-16-37(34,35)36-21-11-8-19(9-12-21)25-18(2)24(26(33)30-31-14-6-5-7-15-31)29-32(25)23-13-10-20(27)17-22(23)28;/h8-13,17H,3-7,14-16H2,1-2H3,(H,30,33);1H. The second-order valence-corrected chi connectivity index (χ2v) is 11.6. The van der Waals surface area contributed by atoms with Crippen LogP contribution in [-0.2, 0) is 10.1 Å². The lowest BCUT2D eigenvalue weighted by atomic mass is 10.1. The molecule has 206 valence electrons. The lowest BCUT2D eigenvalue weighted by Crippen LogP contribution is -2.45. The number of hydrogen-bond donors (Lipinski definition) is 1. The second kappa shape index (κ2) is 13.2. The van der Waals surface area contributed by atoms with Crippen molar-refractivity contribution in [1.29, 1.82) is 0 Å². The van der Waals surface area contributed by atoms with Gasteiger partial charge in [-0.3, -0.25) is 10.2 Å². The van der Waals surface area contributed by atoms with Gasteiger partial charge in [-0.2, -0.15) is 13.5 Å². The molecule has 0 spiro atoms. The number of hydrogen-bond acceptors (Lipinski definition) is 6. The molecule has 0 radical (unpaired) electrons. The normalized spacial score (nSPS) is 14.1. The molecule has 0 unspecified atom stereocenters. The van der Waals surface area contributed by atoms with Crippen molar-refractivity contribution >= 4 is 51.6 Å². The van der Waals surface area contributed by atoms with Gasteiger partial charge in [0.15, 0.2) is 5.69 Å². The molecule has 2 heterocycles. The lowest BCUT2D eigenvalue weighted by molar-refractivity contribution is 0.0743. The molecule has 3 aromatic rings. The van der Waals surface area contributed by atoms with E-state index in [1.807, 2.05) is 18.9 Å². The fourth-order valence-corrected chi connectivity index (χ4v) is 5.88. The fraction of sp³-hybridized carbons (Fsp3) is 0.385. The summed E-state index contributed by atoms with van der Waals surface area (Å²) in [6.07, 6.45) is 4.50. The van der Waals surface area contributed by atoms with Gasteiger partial charge >= 0.3 is 10.1 Å². The van der Waals surface area contributed by atoms with Crippen molar-refractivity contribution in [2.75, 3.05) is 18.8 Å². The summed E-state index contributed by atoms with van der Waals surface area (Å²) < 4.78 is 31.3. The summed E-state index contributed by atoms with van der Waals surface area (Å²) in [6, 6.07) is 11.7. The minimum Gasteiger partial charge on any atom is -0.382 e. The van der Waals surface area contributed by atoms with Crippen molar-refractivity contribution in [1.82, 2.24) is 20.2 Å². The van der Waals surface area contributed by atoms with Crippen LogP contribution in [0.3, 0.4) is 0 Å². The third-order valence-electron chi connectivity index (χ3n) is 6.19. The number of unbranched alkanes of at least 4 members (excludes halogenated alkanes) is 1. The molecule has 1 aliphatic rings. The highest BCUT2D eigenvalue weighted by Crippen LogP contribution is 2.33. The Balaban J connectivity index is 0.00000400. The van der Waals surface area contributed by atoms with E-state index in [0.717, 1.165) is 38.8 Å². The first kappa shape index (κ1) is 30.2. The molecule has 1 aliphatic heterocycles. The van der Waals surface area contributed by atoms with Crippen LogP contribution < -0.4 is 9.61 Å². The number of hydrazine groups is 1. The van der Waals surface area contributed by atoms with Gasteiger partial charge in [-0.1, -0.05) is 43.0 Å². The molecule has 38 heavy (non-hydrogen) atoms. The van der Waals surface area contributed by atoms with Gasteiger partial charge in [-0.15, -0.1) is 12.4 Å². The number of amides is 1. The van der Waals surface area contributed by atoms with Gasteiger partial charge in [0.05, 0.1) is 22.2 Å². The first-order chi connectivity index (χ1) is 17.7. The van der Waals surface area contributed by atoms with Crippen molar-refractivity contribution in [2.45, 2.75) is 46.0 Å². The maximum atomic E-state index is 13.2. The number of halogens is 3. The van der Waals surface area contributed by atoms with Gasteiger partial charge in [0.2, 0.25) is 0 Å². The molecule has 1 saturated heterocycles. The Morgan fingerprint density at radius 1 is 1.08 bits per heavy atom. The van der Waals surface area contributed by atoms with E-state index in [9.17, 15) is 13.2 Å². The van der Waals surface area contributed by atoms with E-state index in [0.29, 0.717) is 39.0 Å². The van der Waals surface area contributed by atoms with Crippen LogP contribution in [0.25, 0.3) is 16.9 Å². The summed E-state index contributed by atoms with van der Waals surface area (Å²) in [5.74, 6) is -0.121. The third kappa shape index (κ3) is 7.21. The minimum atomic E-state index is -3.67. The Morgan fingerprint density at radius 2 is 1.76 bits per heavy atom. The van der Waals surface area contributed by atoms with Crippen LogP contribution in [0, 0.1) is 6.92 Å². The molecule has 0 bridgehead atoms. The van der Waals surface area contributed by atoms with Crippen molar-refractivity contribution in [2.24, 2.45) is 0 Å². The number of aromatic nitrogens is 2. The molecule has 1 fully saturated rings. The summed E-state index contributed by atoms with van der Waals surface area (Å²) in [4.78, 5) is 13.2. The highest BCUT2D eigenvalue weighted by Gasteiger charge is 2.25. The van der Waals surface area contributed by atoms with E-state index in [2.05, 4.69) is 10.5 Å². The van der Waals surface area contributed by atoms with Crippen LogP contribution in [0.15, 0.2) is 42.5 Å². The molecule has 1 N–H and O–H groups in total. The van der Waals surface area contributed by atoms with Gasteiger partial charge in [-0.25, -0.2) is 9.69 Å². The third-order valence-corrected chi connectivity index (χ3v) is 7.96. The topological polar surface area (TPSA) is 93.5 Å². The summed E-state index contributed by atoms with van der Waals surface area (Å²) in [7, 11) is -3.67. The summed E-state index contributed by atoms with van der Waals surface area (Å²) >= 11 is 12.6. The van der Waals surface area contributed by atoms with E-state index in [4.69, 9.17) is 27.4 Å². The zero-order valence-corrected chi connectivity index (χ0v) is 24.4. The van der Waals surface area contributed by atoms with Crippen molar-refractivity contribution in [3.8, 4) is 22.7 Å². The fourth-order valence-electron chi connectivity index (χ4n) is 4.26. The predicted octanol–water partition coefficient (Wildman–Crippen LogP) is 6.22. The first-order valence-corrected chi connectivity index (χ1v) is 14.7. The van der Waals surface area contributed by atoms with E-state index < -0.39 is 10.1 Å². The quantitative estimate of drug-likeness (QED) is 0.293. The molecule has 2 aromatic carbocycles. The van der Waals surface area contributed by atoms with Gasteiger partial charge in [0.25, 0.3) is 5.91 Å². The minimum absolute atomic E-state index is 0. The van der Waals surface area contributed by atoms with Gasteiger partial charge in [0.1, 0.15) is 5.75 Å². The van der Waals surface area contributed by atoms with Crippen molar-refractivity contribution in [3.05, 3.63) is 63.8 Å². The molecular formula is C26H31Cl3N4O4S.